The highest BCUT2D eigenvalue weighted by atomic mass is 31.2. The number of unbranched alkanes of at least 4 members (excludes halogenated alkanes) is 1. The van der Waals surface area contributed by atoms with Gasteiger partial charge in [0.1, 0.15) is 17.9 Å². The molecule has 0 aliphatic rings. The molecule has 18 nitrogen and oxygen atoms in total. The normalized spacial score (nSPS) is 12.8. The molecular formula is C36H37F3N7O11P. The van der Waals surface area contributed by atoms with Crippen LogP contribution in [-0.4, -0.2) is 74.5 Å². The quantitative estimate of drug-likeness (QED) is 0.0307. The first-order chi connectivity index (χ1) is 27.5. The number of anilines is 3. The maximum absolute atomic E-state index is 13.6. The van der Waals surface area contributed by atoms with E-state index in [1.165, 1.54) is 25.3 Å². The zero-order valence-corrected chi connectivity index (χ0v) is 31.8. The Morgan fingerprint density at radius 3 is 2.43 bits per heavy atom. The van der Waals surface area contributed by atoms with Gasteiger partial charge in [-0.25, -0.2) is 24.1 Å². The summed E-state index contributed by atoms with van der Waals surface area (Å²) in [5.41, 5.74) is -2.00. The minimum atomic E-state index is -4.79. The zero-order valence-electron chi connectivity index (χ0n) is 30.9. The number of carboxylic acids is 1. The average Bonchev–Trinajstić information content (AvgIpc) is 3.16. The highest BCUT2D eigenvalue weighted by Gasteiger charge is 2.32. The lowest BCUT2D eigenvalue weighted by atomic mass is 10.1. The third-order valence-electron chi connectivity index (χ3n) is 7.78. The monoisotopic (exact) mass is 831 g/mol. The van der Waals surface area contributed by atoms with Gasteiger partial charge >= 0.3 is 31.5 Å². The first kappa shape index (κ1) is 44.4. The maximum Gasteiger partial charge on any atom is 0.538 e. The van der Waals surface area contributed by atoms with Crippen LogP contribution in [0.25, 0.3) is 11.2 Å². The van der Waals surface area contributed by atoms with Crippen molar-refractivity contribution in [3.8, 4) is 12.5 Å². The fraction of sp³-hybridized carbons (Fsp3) is 0.333. The van der Waals surface area contributed by atoms with E-state index in [1.807, 2.05) is 0 Å². The minimum Gasteiger partial charge on any atom is -0.480 e. The smallest absolute Gasteiger partial charge is 0.480 e. The highest BCUT2D eigenvalue weighted by molar-refractivity contribution is 7.48. The summed E-state index contributed by atoms with van der Waals surface area (Å²) < 4.78 is 72.9. The van der Waals surface area contributed by atoms with E-state index >= 15 is 0 Å². The van der Waals surface area contributed by atoms with E-state index in [2.05, 4.69) is 40.4 Å². The number of ketones is 1. The number of nitrogens with zero attached hydrogens (tertiary/aromatic N) is 3. The molecule has 0 fully saturated rings. The Morgan fingerprint density at radius 1 is 1.05 bits per heavy atom. The SMILES string of the molecule is C#COP(=O)(OCC)OCCCCOC(=O)c1ccc(C(F)(F)F)cc1Nc1nc(=O)c2nc(CNc3ccc(C(=O)N[C@@H](CCC(C)=O)C(=O)O)cc3)cnc2[nH]1. The van der Waals surface area contributed by atoms with Crippen molar-refractivity contribution in [2.24, 2.45) is 0 Å². The van der Waals surface area contributed by atoms with Gasteiger partial charge in [-0.05, 0) is 75.6 Å². The van der Waals surface area contributed by atoms with Crippen molar-refractivity contribution < 1.29 is 60.3 Å². The number of halogens is 3. The number of H-pyrrole nitrogens is 1. The van der Waals surface area contributed by atoms with Crippen LogP contribution in [0.4, 0.5) is 30.5 Å². The molecule has 58 heavy (non-hydrogen) atoms. The Balaban J connectivity index is 1.41. The molecule has 22 heteroatoms. The zero-order chi connectivity index (χ0) is 42.5. The number of benzene rings is 2. The number of aliphatic carboxylic acids is 1. The number of aromatic amines is 1. The second-order valence-electron chi connectivity index (χ2n) is 12.1. The van der Waals surface area contributed by atoms with Crippen LogP contribution in [-0.2, 0) is 45.2 Å². The Kier molecular flexibility index (Phi) is 15.4. The van der Waals surface area contributed by atoms with Crippen molar-refractivity contribution in [2.45, 2.75) is 58.3 Å². The Hall–Kier alpha value is -6.36. The molecule has 0 bridgehead atoms. The molecule has 2 aromatic heterocycles. The molecular weight excluding hydrogens is 794 g/mol. The van der Waals surface area contributed by atoms with Crippen LogP contribution < -0.4 is 21.5 Å². The fourth-order valence-corrected chi connectivity index (χ4v) is 5.93. The van der Waals surface area contributed by atoms with Crippen LogP contribution in [0.1, 0.15) is 71.5 Å². The Labute approximate surface area is 327 Å². The van der Waals surface area contributed by atoms with Gasteiger partial charge in [0.05, 0.1) is 55.1 Å². The fourth-order valence-electron chi connectivity index (χ4n) is 4.95. The molecule has 5 N–H and O–H groups in total. The van der Waals surface area contributed by atoms with Crippen molar-refractivity contribution in [2.75, 3.05) is 30.5 Å². The van der Waals surface area contributed by atoms with Crippen LogP contribution in [0.5, 0.6) is 0 Å². The molecule has 2 atom stereocenters. The van der Waals surface area contributed by atoms with Crippen LogP contribution in [0.15, 0.2) is 53.5 Å². The highest BCUT2D eigenvalue weighted by Crippen LogP contribution is 2.49. The average molecular weight is 832 g/mol. The van der Waals surface area contributed by atoms with Crippen LogP contribution in [0, 0.1) is 12.5 Å². The summed E-state index contributed by atoms with van der Waals surface area (Å²) in [4.78, 5) is 76.2. The summed E-state index contributed by atoms with van der Waals surface area (Å²) in [6, 6.07) is 7.00. The number of terminal acetylenes is 1. The first-order valence-corrected chi connectivity index (χ1v) is 18.8. The molecule has 0 saturated heterocycles. The summed E-state index contributed by atoms with van der Waals surface area (Å²) in [7, 11) is -3.96. The summed E-state index contributed by atoms with van der Waals surface area (Å²) >= 11 is 0. The Bertz CT molecular complexity index is 2280. The number of hydrogen-bond acceptors (Lipinski definition) is 15. The van der Waals surface area contributed by atoms with E-state index in [0.717, 1.165) is 6.07 Å². The van der Waals surface area contributed by atoms with E-state index in [4.69, 9.17) is 20.2 Å². The standard InChI is InChI=1S/C36H37F3N7O11P/c1-4-55-58(53,56-5-2)57-17-7-6-16-54-34(52)26-14-11-23(36(37,38)39)18-28(26)44-35-45-30-29(32(49)46-35)42-25(20-41-30)19-40-24-12-9-22(10-13-24)31(48)43-27(33(50)51)15-8-21(3)47/h1,9-14,18,20,27,40H,5-8,15-17,19H2,2-3H3,(H,43,48)(H,50,51)(H2,41,44,45,46,49)/t27-,58?/m0/s1. The predicted octanol–water partition coefficient (Wildman–Crippen LogP) is 5.35. The maximum atomic E-state index is 13.6. The second-order valence-corrected chi connectivity index (χ2v) is 13.7. The molecule has 0 radical (unpaired) electrons. The van der Waals surface area contributed by atoms with Gasteiger partial charge in [-0.3, -0.25) is 18.6 Å². The number of ether oxygens (including phenoxy) is 1. The van der Waals surface area contributed by atoms with Gasteiger partial charge in [0.15, 0.2) is 11.2 Å². The van der Waals surface area contributed by atoms with Crippen molar-refractivity contribution >= 4 is 59.9 Å². The lowest BCUT2D eigenvalue weighted by Gasteiger charge is -2.15. The molecule has 4 rings (SSSR count). The van der Waals surface area contributed by atoms with Crippen molar-refractivity contribution in [3.63, 3.8) is 0 Å². The van der Waals surface area contributed by atoms with Gasteiger partial charge in [0, 0.05) is 17.7 Å². The number of amides is 1. The molecule has 2 aromatic carbocycles. The van der Waals surface area contributed by atoms with Gasteiger partial charge < -0.3 is 40.1 Å². The van der Waals surface area contributed by atoms with Gasteiger partial charge in [-0.15, -0.1) is 0 Å². The van der Waals surface area contributed by atoms with E-state index in [0.29, 0.717) is 17.8 Å². The lowest BCUT2D eigenvalue weighted by Crippen LogP contribution is -2.41. The van der Waals surface area contributed by atoms with Gasteiger partial charge in [0.2, 0.25) is 5.95 Å². The molecule has 2 heterocycles. The third kappa shape index (κ3) is 12.8. The molecule has 4 aromatic rings. The van der Waals surface area contributed by atoms with Crippen molar-refractivity contribution in [3.05, 3.63) is 81.4 Å². The number of carbonyl (C=O) groups is 4. The van der Waals surface area contributed by atoms with E-state index in [9.17, 15) is 46.8 Å². The summed E-state index contributed by atoms with van der Waals surface area (Å²) in [5.74, 6) is -3.48. The van der Waals surface area contributed by atoms with Gasteiger partial charge in [-0.2, -0.15) is 18.2 Å². The number of phosphoric ester groups is 1. The Morgan fingerprint density at radius 2 is 1.78 bits per heavy atom. The number of esters is 1. The molecule has 1 unspecified atom stereocenters. The van der Waals surface area contributed by atoms with Gasteiger partial charge in [0.25, 0.3) is 5.91 Å². The number of nitrogens with one attached hydrogen (secondary N) is 4. The number of carbonyl (C=O) groups excluding carboxylic acids is 3. The number of phosphoric acid groups is 1. The third-order valence-corrected chi connectivity index (χ3v) is 9.18. The van der Waals surface area contributed by atoms with Crippen molar-refractivity contribution in [1.82, 2.24) is 25.3 Å². The molecule has 0 saturated carbocycles. The minimum absolute atomic E-state index is 0.00591. The first-order valence-electron chi connectivity index (χ1n) is 17.3. The lowest BCUT2D eigenvalue weighted by molar-refractivity contribution is -0.139. The van der Waals surface area contributed by atoms with E-state index in [-0.39, 0.29) is 97.5 Å². The number of alkyl halides is 3. The number of Topliss-reactive ketones (excluding diaryl/α,β-unsaturated/α-hetero) is 1. The summed E-state index contributed by atoms with van der Waals surface area (Å²) in [5, 5.41) is 17.3. The molecule has 1 amide bonds. The van der Waals surface area contributed by atoms with Crippen LogP contribution in [0.2, 0.25) is 0 Å². The van der Waals surface area contributed by atoms with Crippen LogP contribution >= 0.6 is 7.82 Å². The van der Waals surface area contributed by atoms with E-state index in [1.54, 1.807) is 25.2 Å². The predicted molar refractivity (Wildman–Crippen MR) is 200 cm³/mol. The number of rotatable bonds is 21. The molecule has 0 aliphatic carbocycles. The number of carboxylic acid groups (broad SMARTS) is 1. The van der Waals surface area contributed by atoms with Gasteiger partial charge in [-0.1, -0.05) is 6.42 Å². The molecule has 0 aliphatic heterocycles. The topological polar surface area (TPSA) is 250 Å². The summed E-state index contributed by atoms with van der Waals surface area (Å²) in [6.07, 6.45) is 3.61. The van der Waals surface area contributed by atoms with E-state index < -0.39 is 49.0 Å². The van der Waals surface area contributed by atoms with Crippen LogP contribution in [0.3, 0.4) is 0 Å². The number of aromatic nitrogens is 4. The number of fused-ring (bicyclic) bond motifs is 1. The van der Waals surface area contributed by atoms with Crippen molar-refractivity contribution in [1.29, 1.82) is 0 Å². The summed E-state index contributed by atoms with van der Waals surface area (Å²) in [6.45, 7) is 2.60. The number of hydrogen-bond donors (Lipinski definition) is 5. The molecule has 0 spiro atoms. The second kappa shape index (κ2) is 20.2. The largest absolute Gasteiger partial charge is 0.538 e. The molecule has 308 valence electrons.